The van der Waals surface area contributed by atoms with Crippen LogP contribution in [0.3, 0.4) is 0 Å². The van der Waals surface area contributed by atoms with Crippen molar-refractivity contribution in [3.8, 4) is 0 Å². The molecule has 7 nitrogen and oxygen atoms in total. The van der Waals surface area contributed by atoms with E-state index in [9.17, 15) is 4.79 Å². The number of aromatic amines is 1. The van der Waals surface area contributed by atoms with Crippen LogP contribution in [0.15, 0.2) is 22.8 Å². The maximum atomic E-state index is 12.2. The number of anilines is 1. The van der Waals surface area contributed by atoms with Crippen molar-refractivity contribution in [3.05, 3.63) is 34.5 Å². The molecule has 8 heteroatoms. The number of H-pyrrole nitrogens is 1. The molecule has 1 aliphatic rings. The van der Waals surface area contributed by atoms with E-state index in [1.54, 1.807) is 17.2 Å². The maximum absolute atomic E-state index is 12.2. The summed E-state index contributed by atoms with van der Waals surface area (Å²) < 4.78 is 0.878. The Hall–Kier alpha value is -1.96. The van der Waals surface area contributed by atoms with Gasteiger partial charge in [-0.05, 0) is 25.5 Å². The fourth-order valence-electron chi connectivity index (χ4n) is 2.36. The number of aromatic nitrogens is 4. The third-order valence-electron chi connectivity index (χ3n) is 3.41. The molecule has 3 heterocycles. The largest absolute Gasteiger partial charge is 0.324 e. The van der Waals surface area contributed by atoms with E-state index in [2.05, 4.69) is 41.4 Å². The van der Waals surface area contributed by atoms with Crippen LogP contribution in [0.5, 0.6) is 0 Å². The van der Waals surface area contributed by atoms with Gasteiger partial charge in [0.25, 0.3) is 0 Å². The zero-order valence-electron chi connectivity index (χ0n) is 11.5. The first kappa shape index (κ1) is 14.0. The Morgan fingerprint density at radius 2 is 2.43 bits per heavy atom. The van der Waals surface area contributed by atoms with E-state index in [0.717, 1.165) is 22.5 Å². The molecule has 110 valence electrons. The summed E-state index contributed by atoms with van der Waals surface area (Å²) in [7, 11) is 0. The Balaban J connectivity index is 1.62. The molecule has 0 saturated carbocycles. The number of carbonyl (C=O) groups is 1. The van der Waals surface area contributed by atoms with Crippen LogP contribution in [0.1, 0.15) is 24.0 Å². The van der Waals surface area contributed by atoms with Crippen LogP contribution >= 0.6 is 15.9 Å². The minimum atomic E-state index is -0.143. The molecule has 0 spiro atoms. The second-order valence-corrected chi connectivity index (χ2v) is 5.92. The minimum absolute atomic E-state index is 0.143. The molecule has 0 aliphatic carbocycles. The smallest absolute Gasteiger partial charge is 0.323 e. The summed E-state index contributed by atoms with van der Waals surface area (Å²) in [6.45, 7) is 3.18. The fourth-order valence-corrected chi connectivity index (χ4v) is 2.69. The number of likely N-dealkylation sites (tertiary alicyclic amines) is 1. The molecule has 0 radical (unpaired) electrons. The van der Waals surface area contributed by atoms with E-state index in [-0.39, 0.29) is 11.9 Å². The van der Waals surface area contributed by atoms with Crippen LogP contribution in [0.2, 0.25) is 0 Å². The topological polar surface area (TPSA) is 86.8 Å². The van der Waals surface area contributed by atoms with Gasteiger partial charge in [0.2, 0.25) is 0 Å². The van der Waals surface area contributed by atoms with Gasteiger partial charge >= 0.3 is 6.03 Å². The molecule has 1 atom stereocenters. The van der Waals surface area contributed by atoms with E-state index in [4.69, 9.17) is 0 Å². The summed E-state index contributed by atoms with van der Waals surface area (Å²) in [5.74, 6) is 2.30. The molecule has 2 aromatic rings. The first-order valence-electron chi connectivity index (χ1n) is 6.68. The van der Waals surface area contributed by atoms with Gasteiger partial charge in [-0.25, -0.2) is 14.8 Å². The molecular formula is C13H15BrN6O. The number of hydrogen-bond donors (Lipinski definition) is 2. The number of rotatable bonds is 2. The number of nitrogens with one attached hydrogen (secondary N) is 2. The molecule has 21 heavy (non-hydrogen) atoms. The number of urea groups is 1. The molecule has 1 aliphatic heterocycles. The second-order valence-electron chi connectivity index (χ2n) is 5.00. The molecule has 1 saturated heterocycles. The van der Waals surface area contributed by atoms with Gasteiger partial charge in [-0.1, -0.05) is 15.9 Å². The Kier molecular flexibility index (Phi) is 3.87. The third kappa shape index (κ3) is 3.21. The summed E-state index contributed by atoms with van der Waals surface area (Å²) in [4.78, 5) is 22.4. The quantitative estimate of drug-likeness (QED) is 0.869. The van der Waals surface area contributed by atoms with Crippen molar-refractivity contribution in [2.75, 3.05) is 18.4 Å². The van der Waals surface area contributed by atoms with Crippen molar-refractivity contribution in [3.63, 3.8) is 0 Å². The van der Waals surface area contributed by atoms with E-state index in [0.29, 0.717) is 18.9 Å². The maximum Gasteiger partial charge on any atom is 0.323 e. The van der Waals surface area contributed by atoms with Crippen LogP contribution in [-0.2, 0) is 0 Å². The highest BCUT2D eigenvalue weighted by Crippen LogP contribution is 2.25. The van der Waals surface area contributed by atoms with Gasteiger partial charge in [0, 0.05) is 29.7 Å². The zero-order valence-corrected chi connectivity index (χ0v) is 13.1. The van der Waals surface area contributed by atoms with E-state index in [1.807, 2.05) is 13.0 Å². The van der Waals surface area contributed by atoms with Gasteiger partial charge in [0.1, 0.15) is 11.6 Å². The van der Waals surface area contributed by atoms with Crippen molar-refractivity contribution < 1.29 is 4.79 Å². The molecule has 2 amide bonds. The Morgan fingerprint density at radius 3 is 3.14 bits per heavy atom. The summed E-state index contributed by atoms with van der Waals surface area (Å²) in [5.41, 5.74) is 0. The highest BCUT2D eigenvalue weighted by atomic mass is 79.9. The average Bonchev–Trinajstić information content (AvgIpc) is 3.07. The lowest BCUT2D eigenvalue weighted by molar-refractivity contribution is 0.222. The first-order valence-corrected chi connectivity index (χ1v) is 7.47. The van der Waals surface area contributed by atoms with Crippen LogP contribution in [0.25, 0.3) is 0 Å². The fraction of sp³-hybridized carbons (Fsp3) is 0.385. The Labute approximate surface area is 130 Å². The second kappa shape index (κ2) is 5.80. The van der Waals surface area contributed by atoms with Crippen molar-refractivity contribution in [2.24, 2.45) is 0 Å². The lowest BCUT2D eigenvalue weighted by Gasteiger charge is -2.16. The number of halogens is 1. The zero-order chi connectivity index (χ0) is 14.8. The van der Waals surface area contributed by atoms with Gasteiger partial charge in [-0.2, -0.15) is 5.10 Å². The van der Waals surface area contributed by atoms with Crippen LogP contribution in [-0.4, -0.2) is 44.2 Å². The normalized spacial score (nSPS) is 18.0. The molecule has 0 bridgehead atoms. The first-order chi connectivity index (χ1) is 10.1. The highest BCUT2D eigenvalue weighted by Gasteiger charge is 2.29. The summed E-state index contributed by atoms with van der Waals surface area (Å²) in [6.07, 6.45) is 2.51. The highest BCUT2D eigenvalue weighted by molar-refractivity contribution is 9.10. The van der Waals surface area contributed by atoms with Crippen molar-refractivity contribution in [2.45, 2.75) is 19.3 Å². The van der Waals surface area contributed by atoms with Crippen LogP contribution < -0.4 is 5.32 Å². The van der Waals surface area contributed by atoms with E-state index in [1.165, 1.54) is 0 Å². The number of aryl methyl sites for hydroxylation is 1. The lowest BCUT2D eigenvalue weighted by atomic mass is 10.1. The van der Waals surface area contributed by atoms with E-state index < -0.39 is 0 Å². The van der Waals surface area contributed by atoms with Gasteiger partial charge in [-0.3, -0.25) is 10.4 Å². The molecular weight excluding hydrogens is 336 g/mol. The number of hydrogen-bond acceptors (Lipinski definition) is 4. The summed E-state index contributed by atoms with van der Waals surface area (Å²) in [5, 5.41) is 9.81. The van der Waals surface area contributed by atoms with E-state index >= 15 is 0 Å². The number of amides is 2. The van der Waals surface area contributed by atoms with Crippen molar-refractivity contribution in [1.29, 1.82) is 0 Å². The van der Waals surface area contributed by atoms with Crippen molar-refractivity contribution >= 4 is 27.8 Å². The number of pyridine rings is 1. The third-order valence-corrected chi connectivity index (χ3v) is 3.91. The SMILES string of the molecule is Cc1nc(C2CCN(C(=O)Nc3cc(Br)ccn3)C2)n[nH]1. The van der Waals surface area contributed by atoms with Crippen LogP contribution in [0.4, 0.5) is 10.6 Å². The number of nitrogens with zero attached hydrogens (tertiary/aromatic N) is 4. The van der Waals surface area contributed by atoms with Crippen molar-refractivity contribution in [1.82, 2.24) is 25.1 Å². The predicted molar refractivity (Wildman–Crippen MR) is 81.0 cm³/mol. The molecule has 1 fully saturated rings. The van der Waals surface area contributed by atoms with Gasteiger partial charge < -0.3 is 4.90 Å². The molecule has 0 aromatic carbocycles. The molecule has 3 rings (SSSR count). The average molecular weight is 351 g/mol. The Bertz CT molecular complexity index is 658. The lowest BCUT2D eigenvalue weighted by Crippen LogP contribution is -2.33. The van der Waals surface area contributed by atoms with Gasteiger partial charge in [0.15, 0.2) is 5.82 Å². The number of carbonyl (C=O) groups excluding carboxylic acids is 1. The molecule has 1 unspecified atom stereocenters. The summed E-state index contributed by atoms with van der Waals surface area (Å²) in [6, 6.07) is 3.44. The summed E-state index contributed by atoms with van der Waals surface area (Å²) >= 11 is 3.35. The monoisotopic (exact) mass is 350 g/mol. The van der Waals surface area contributed by atoms with Crippen LogP contribution in [0, 0.1) is 6.92 Å². The molecule has 2 aromatic heterocycles. The standard InChI is InChI=1S/C13H15BrN6O/c1-8-16-12(19-18-8)9-3-5-20(7-9)13(21)17-11-6-10(14)2-4-15-11/h2,4,6,9H,3,5,7H2,1H3,(H,15,17,21)(H,16,18,19). The predicted octanol–water partition coefficient (Wildman–Crippen LogP) is 2.29. The van der Waals surface area contributed by atoms with Gasteiger partial charge in [-0.15, -0.1) is 0 Å². The van der Waals surface area contributed by atoms with Gasteiger partial charge in [0.05, 0.1) is 0 Å². The Morgan fingerprint density at radius 1 is 1.57 bits per heavy atom. The molecule has 2 N–H and O–H groups in total. The minimum Gasteiger partial charge on any atom is -0.324 e.